The fraction of sp³-hybridized carbons (Fsp3) is 0.611. The minimum Gasteiger partial charge on any atom is -0.353 e. The maximum absolute atomic E-state index is 13.2. The number of hydrogen-bond acceptors (Lipinski definition) is 1. The molecule has 1 amide bonds. The van der Waals surface area contributed by atoms with Crippen LogP contribution in [0.5, 0.6) is 0 Å². The molecule has 5 rings (SSSR count). The number of nitrogens with one attached hydrogen (secondary N) is 1. The second-order valence-corrected chi connectivity index (χ2v) is 7.33. The van der Waals surface area contributed by atoms with Crippen molar-refractivity contribution >= 4 is 5.91 Å². The van der Waals surface area contributed by atoms with Gasteiger partial charge in [-0.15, -0.1) is 0 Å². The molecular weight excluding hydrogens is 265 g/mol. The number of benzene rings is 1. The van der Waals surface area contributed by atoms with Gasteiger partial charge >= 0.3 is 0 Å². The summed E-state index contributed by atoms with van der Waals surface area (Å²) in [7, 11) is 0. The van der Waals surface area contributed by atoms with Gasteiger partial charge in [-0.05, 0) is 73.5 Å². The Balaban J connectivity index is 1.41. The molecule has 3 heteroatoms. The van der Waals surface area contributed by atoms with Crippen molar-refractivity contribution in [1.29, 1.82) is 0 Å². The van der Waals surface area contributed by atoms with E-state index in [1.165, 1.54) is 44.2 Å². The van der Waals surface area contributed by atoms with Crippen molar-refractivity contribution in [3.63, 3.8) is 0 Å². The first kappa shape index (κ1) is 13.3. The summed E-state index contributed by atoms with van der Waals surface area (Å²) < 4.78 is 13.2. The average molecular weight is 287 g/mol. The highest BCUT2D eigenvalue weighted by Crippen LogP contribution is 2.53. The molecule has 0 aromatic heterocycles. The summed E-state index contributed by atoms with van der Waals surface area (Å²) in [5, 5.41) is 3.27. The Morgan fingerprint density at radius 1 is 1.10 bits per heavy atom. The Kier molecular flexibility index (Phi) is 3.24. The van der Waals surface area contributed by atoms with Crippen LogP contribution >= 0.6 is 0 Å². The quantitative estimate of drug-likeness (QED) is 0.908. The zero-order chi connectivity index (χ0) is 14.4. The van der Waals surface area contributed by atoms with E-state index in [9.17, 15) is 9.18 Å². The first-order valence-corrected chi connectivity index (χ1v) is 8.21. The molecule has 0 unspecified atom stereocenters. The SMILES string of the molecule is O=C(Cc1cccc(F)c1)NC1C2CC3CC(C2)CC1C3. The highest BCUT2D eigenvalue weighted by atomic mass is 19.1. The van der Waals surface area contributed by atoms with Crippen LogP contribution in [0.2, 0.25) is 0 Å². The van der Waals surface area contributed by atoms with Crippen LogP contribution in [0.1, 0.15) is 37.7 Å². The zero-order valence-corrected chi connectivity index (χ0v) is 12.2. The van der Waals surface area contributed by atoms with Crippen LogP contribution < -0.4 is 5.32 Å². The Hall–Kier alpha value is -1.38. The molecule has 1 aromatic rings. The fourth-order valence-electron chi connectivity index (χ4n) is 5.23. The first-order chi connectivity index (χ1) is 10.2. The minimum absolute atomic E-state index is 0.0538. The van der Waals surface area contributed by atoms with Crippen molar-refractivity contribution in [1.82, 2.24) is 5.32 Å². The summed E-state index contributed by atoms with van der Waals surface area (Å²) in [6, 6.07) is 6.73. The average Bonchev–Trinajstić information content (AvgIpc) is 2.42. The van der Waals surface area contributed by atoms with Gasteiger partial charge in [0.25, 0.3) is 0 Å². The van der Waals surface area contributed by atoms with E-state index in [-0.39, 0.29) is 11.7 Å². The van der Waals surface area contributed by atoms with Gasteiger partial charge < -0.3 is 5.32 Å². The lowest BCUT2D eigenvalue weighted by Crippen LogP contribution is -2.56. The third-order valence-corrected chi connectivity index (χ3v) is 5.81. The first-order valence-electron chi connectivity index (χ1n) is 8.21. The van der Waals surface area contributed by atoms with Crippen LogP contribution in [0, 0.1) is 29.5 Å². The minimum atomic E-state index is -0.269. The Morgan fingerprint density at radius 3 is 2.38 bits per heavy atom. The van der Waals surface area contributed by atoms with E-state index >= 15 is 0 Å². The lowest BCUT2D eigenvalue weighted by Gasteiger charge is -2.54. The summed E-state index contributed by atoms with van der Waals surface area (Å²) in [5.74, 6) is 3.01. The van der Waals surface area contributed by atoms with Gasteiger partial charge in [-0.2, -0.15) is 0 Å². The molecule has 4 fully saturated rings. The van der Waals surface area contributed by atoms with E-state index < -0.39 is 0 Å². The maximum Gasteiger partial charge on any atom is 0.224 e. The summed E-state index contributed by atoms with van der Waals surface area (Å²) >= 11 is 0. The molecule has 0 heterocycles. The smallest absolute Gasteiger partial charge is 0.224 e. The van der Waals surface area contributed by atoms with Gasteiger partial charge in [0.05, 0.1) is 6.42 Å². The van der Waals surface area contributed by atoms with E-state index in [4.69, 9.17) is 0 Å². The van der Waals surface area contributed by atoms with Crippen LogP contribution in [-0.4, -0.2) is 11.9 Å². The van der Waals surface area contributed by atoms with Gasteiger partial charge in [0.15, 0.2) is 0 Å². The highest BCUT2D eigenvalue weighted by Gasteiger charge is 2.48. The topological polar surface area (TPSA) is 29.1 Å². The largest absolute Gasteiger partial charge is 0.353 e. The van der Waals surface area contributed by atoms with Gasteiger partial charge in [0, 0.05) is 6.04 Å². The molecule has 1 aromatic carbocycles. The molecule has 1 N–H and O–H groups in total. The predicted octanol–water partition coefficient (Wildman–Crippen LogP) is 3.31. The Bertz CT molecular complexity index is 528. The lowest BCUT2D eigenvalue weighted by molar-refractivity contribution is -0.124. The van der Waals surface area contributed by atoms with Crippen LogP contribution in [0.25, 0.3) is 0 Å². The number of carbonyl (C=O) groups is 1. The molecule has 0 saturated heterocycles. The maximum atomic E-state index is 13.2. The van der Waals surface area contributed by atoms with Crippen molar-refractivity contribution in [2.45, 2.75) is 44.6 Å². The molecule has 4 aliphatic rings. The second kappa shape index (κ2) is 5.11. The third kappa shape index (κ3) is 2.58. The number of amides is 1. The highest BCUT2D eigenvalue weighted by molar-refractivity contribution is 5.79. The third-order valence-electron chi connectivity index (χ3n) is 5.81. The Labute approximate surface area is 125 Å². The molecule has 112 valence electrons. The van der Waals surface area contributed by atoms with E-state index in [1.54, 1.807) is 6.07 Å². The van der Waals surface area contributed by atoms with Gasteiger partial charge in [0.2, 0.25) is 5.91 Å². The molecule has 4 bridgehead atoms. The van der Waals surface area contributed by atoms with Crippen molar-refractivity contribution in [2.24, 2.45) is 23.7 Å². The molecule has 4 aliphatic carbocycles. The van der Waals surface area contributed by atoms with Crippen molar-refractivity contribution in [2.75, 3.05) is 0 Å². The van der Waals surface area contributed by atoms with Crippen LogP contribution in [0.15, 0.2) is 24.3 Å². The summed E-state index contributed by atoms with van der Waals surface area (Å²) in [4.78, 5) is 12.3. The van der Waals surface area contributed by atoms with Crippen LogP contribution in [0.4, 0.5) is 4.39 Å². The number of carbonyl (C=O) groups excluding carboxylic acids is 1. The van der Waals surface area contributed by atoms with Crippen LogP contribution in [-0.2, 0) is 11.2 Å². The van der Waals surface area contributed by atoms with E-state index in [1.807, 2.05) is 6.07 Å². The molecule has 0 spiro atoms. The van der Waals surface area contributed by atoms with E-state index in [0.717, 1.165) is 17.4 Å². The van der Waals surface area contributed by atoms with Gasteiger partial charge in [-0.1, -0.05) is 12.1 Å². The number of halogens is 1. The standard InChI is InChI=1S/C18H22FNO/c19-16-3-1-2-11(9-16)10-17(21)20-18-14-5-12-4-13(7-14)8-15(18)6-12/h1-3,9,12-15,18H,4-8,10H2,(H,20,21). The number of hydrogen-bond donors (Lipinski definition) is 1. The molecule has 0 atom stereocenters. The molecule has 4 saturated carbocycles. The fourth-order valence-corrected chi connectivity index (χ4v) is 5.23. The molecule has 2 nitrogen and oxygen atoms in total. The van der Waals surface area contributed by atoms with Gasteiger partial charge in [0.1, 0.15) is 5.82 Å². The normalized spacial score (nSPS) is 36.7. The molecule has 21 heavy (non-hydrogen) atoms. The van der Waals surface area contributed by atoms with Crippen molar-refractivity contribution < 1.29 is 9.18 Å². The van der Waals surface area contributed by atoms with Gasteiger partial charge in [-0.3, -0.25) is 4.79 Å². The molecule has 0 aliphatic heterocycles. The monoisotopic (exact) mass is 287 g/mol. The van der Waals surface area contributed by atoms with Crippen LogP contribution in [0.3, 0.4) is 0 Å². The second-order valence-electron chi connectivity index (χ2n) is 7.33. The summed E-state index contributed by atoms with van der Waals surface area (Å²) in [6.45, 7) is 0. The summed E-state index contributed by atoms with van der Waals surface area (Å²) in [5.41, 5.74) is 0.760. The Morgan fingerprint density at radius 2 is 1.76 bits per heavy atom. The lowest BCUT2D eigenvalue weighted by atomic mass is 9.54. The molecular formula is C18H22FNO. The van der Waals surface area contributed by atoms with Crippen molar-refractivity contribution in [3.8, 4) is 0 Å². The van der Waals surface area contributed by atoms with Crippen molar-refractivity contribution in [3.05, 3.63) is 35.6 Å². The number of rotatable bonds is 3. The van der Waals surface area contributed by atoms with E-state index in [2.05, 4.69) is 5.32 Å². The zero-order valence-electron chi connectivity index (χ0n) is 12.2. The van der Waals surface area contributed by atoms with E-state index in [0.29, 0.717) is 24.3 Å². The van der Waals surface area contributed by atoms with Gasteiger partial charge in [-0.25, -0.2) is 4.39 Å². The predicted molar refractivity (Wildman–Crippen MR) is 79.1 cm³/mol. The summed E-state index contributed by atoms with van der Waals surface area (Å²) in [6.07, 6.45) is 6.93. The molecule has 0 radical (unpaired) electrons.